The van der Waals surface area contributed by atoms with Crippen molar-refractivity contribution in [2.45, 2.75) is 18.0 Å². The molecule has 3 aliphatic rings. The van der Waals surface area contributed by atoms with Gasteiger partial charge in [-0.2, -0.15) is 0 Å². The van der Waals surface area contributed by atoms with Crippen LogP contribution in [0.15, 0.2) is 97.1 Å². The summed E-state index contributed by atoms with van der Waals surface area (Å²) < 4.78 is 30.1. The van der Waals surface area contributed by atoms with Crippen LogP contribution in [0.25, 0.3) is 6.08 Å². The summed E-state index contributed by atoms with van der Waals surface area (Å²) in [5, 5.41) is 0.191. The van der Waals surface area contributed by atoms with Crippen LogP contribution < -0.4 is 4.90 Å². The van der Waals surface area contributed by atoms with E-state index in [0.717, 1.165) is 0 Å². The lowest BCUT2D eigenvalue weighted by Crippen LogP contribution is -2.48. The normalized spacial score (nSPS) is 21.9. The Morgan fingerprint density at radius 2 is 1.48 bits per heavy atom. The first-order valence-electron chi connectivity index (χ1n) is 12.8. The lowest BCUT2D eigenvalue weighted by molar-refractivity contribution is 0.0664. The van der Waals surface area contributed by atoms with E-state index >= 15 is 4.39 Å². The molecule has 2 heterocycles. The smallest absolute Gasteiger partial charge is 0.187 e. The fourth-order valence-electron chi connectivity index (χ4n) is 6.84. The Morgan fingerprint density at radius 1 is 0.825 bits per heavy atom. The summed E-state index contributed by atoms with van der Waals surface area (Å²) in [5.41, 5.74) is -0.178. The maximum atomic E-state index is 15.8. The average Bonchev–Trinajstić information content (AvgIpc) is 3.39. The summed E-state index contributed by atoms with van der Waals surface area (Å²) in [5.74, 6) is -3.74. The minimum atomic E-state index is -1.85. The number of ketones is 3. The van der Waals surface area contributed by atoms with Crippen molar-refractivity contribution in [3.05, 3.63) is 142 Å². The number of halogens is 3. The summed E-state index contributed by atoms with van der Waals surface area (Å²) in [4.78, 5) is 45.3. The number of fused-ring (bicyclic) bond motifs is 5. The zero-order valence-corrected chi connectivity index (χ0v) is 21.6. The predicted octanol–water partition coefficient (Wildman–Crippen LogP) is 6.93. The van der Waals surface area contributed by atoms with E-state index in [1.165, 1.54) is 36.4 Å². The van der Waals surface area contributed by atoms with Gasteiger partial charge in [-0.05, 0) is 42.0 Å². The van der Waals surface area contributed by atoms with Crippen LogP contribution >= 0.6 is 11.6 Å². The van der Waals surface area contributed by atoms with Crippen LogP contribution in [-0.4, -0.2) is 29.4 Å². The van der Waals surface area contributed by atoms with Crippen molar-refractivity contribution in [3.63, 3.8) is 0 Å². The second-order valence-corrected chi connectivity index (χ2v) is 10.7. The quantitative estimate of drug-likeness (QED) is 0.204. The van der Waals surface area contributed by atoms with Crippen LogP contribution in [0, 0.1) is 17.0 Å². The first kappa shape index (κ1) is 24.6. The molecule has 4 aromatic rings. The molecular weight excluding hydrogens is 532 g/mol. The molecule has 0 amide bonds. The fraction of sp³-hybridized carbons (Fsp3) is 0.121. The number of nitrogens with zero attached hydrogens (tertiary/aromatic N) is 1. The van der Waals surface area contributed by atoms with E-state index in [2.05, 4.69) is 0 Å². The van der Waals surface area contributed by atoms with E-state index in [9.17, 15) is 18.8 Å². The van der Waals surface area contributed by atoms with Gasteiger partial charge in [-0.1, -0.05) is 78.4 Å². The molecule has 4 aromatic carbocycles. The van der Waals surface area contributed by atoms with Crippen molar-refractivity contribution < 1.29 is 23.2 Å². The van der Waals surface area contributed by atoms with Crippen molar-refractivity contribution >= 4 is 40.7 Å². The van der Waals surface area contributed by atoms with Crippen LogP contribution in [0.4, 0.5) is 14.5 Å². The monoisotopic (exact) mass is 551 g/mol. The Morgan fingerprint density at radius 3 is 2.17 bits per heavy atom. The summed E-state index contributed by atoms with van der Waals surface area (Å²) >= 11 is 6.49. The van der Waals surface area contributed by atoms with Crippen molar-refractivity contribution in [1.29, 1.82) is 0 Å². The predicted molar refractivity (Wildman–Crippen MR) is 148 cm³/mol. The van der Waals surface area contributed by atoms with Gasteiger partial charge in [0.15, 0.2) is 17.3 Å². The largest absolute Gasteiger partial charge is 0.352 e. The van der Waals surface area contributed by atoms with Gasteiger partial charge in [-0.3, -0.25) is 14.4 Å². The maximum absolute atomic E-state index is 15.8. The number of anilines is 1. The Kier molecular flexibility index (Phi) is 5.41. The maximum Gasteiger partial charge on any atom is 0.187 e. The van der Waals surface area contributed by atoms with E-state index in [0.29, 0.717) is 11.3 Å². The van der Waals surface area contributed by atoms with Crippen LogP contribution in [0.5, 0.6) is 0 Å². The molecule has 40 heavy (non-hydrogen) atoms. The van der Waals surface area contributed by atoms with E-state index < -0.39 is 52.4 Å². The molecule has 7 heteroatoms. The van der Waals surface area contributed by atoms with Gasteiger partial charge in [0.05, 0.1) is 11.1 Å². The average molecular weight is 552 g/mol. The summed E-state index contributed by atoms with van der Waals surface area (Å²) in [6.45, 7) is 0. The second kappa shape index (κ2) is 8.80. The van der Waals surface area contributed by atoms with Gasteiger partial charge < -0.3 is 4.90 Å². The summed E-state index contributed by atoms with van der Waals surface area (Å²) in [6, 6.07) is 20.9. The number of carbonyl (C=O) groups is 3. The number of hydrogen-bond acceptors (Lipinski definition) is 4. The number of rotatable bonds is 3. The van der Waals surface area contributed by atoms with Gasteiger partial charge in [0.2, 0.25) is 0 Å². The van der Waals surface area contributed by atoms with E-state index in [-0.39, 0.29) is 27.3 Å². The van der Waals surface area contributed by atoms with Crippen molar-refractivity contribution in [1.82, 2.24) is 0 Å². The Hall–Kier alpha value is -4.42. The molecule has 0 bridgehead atoms. The van der Waals surface area contributed by atoms with Gasteiger partial charge >= 0.3 is 0 Å². The summed E-state index contributed by atoms with van der Waals surface area (Å²) in [7, 11) is 0. The Bertz CT molecular complexity index is 1760. The molecule has 196 valence electrons. The highest BCUT2D eigenvalue weighted by molar-refractivity contribution is 6.35. The van der Waals surface area contributed by atoms with Gasteiger partial charge in [0.25, 0.3) is 0 Å². The van der Waals surface area contributed by atoms with Crippen LogP contribution in [0.1, 0.15) is 48.1 Å². The molecular formula is C33H20ClF2NO3. The molecule has 3 atom stereocenters. The Balaban J connectivity index is 1.58. The molecule has 1 aliphatic carbocycles. The topological polar surface area (TPSA) is 54.5 Å². The SMILES string of the molecule is O=C(c1ccccc1Cl)[C@H]1[C@@H](c2ccccc2F)C2(C(=O)c3ccccc3C2=O)[C@H]2C=Cc3cc(F)ccc3N12. The standard InChI is InChI=1S/C33H20ClF2NO3/c34-24-11-5-3-9-22(24)30(38)29-28(23-10-4-6-12-25(23)36)33(31(39)20-7-1-2-8-21(20)32(33)40)27-16-13-18-17-19(35)14-15-26(18)37(27)29/h1-17,27-29H/t27-,28-,29-/m1/s1. The lowest BCUT2D eigenvalue weighted by Gasteiger charge is -2.37. The second-order valence-electron chi connectivity index (χ2n) is 10.3. The van der Waals surface area contributed by atoms with Crippen molar-refractivity contribution in [2.75, 3.05) is 4.90 Å². The molecule has 2 aliphatic heterocycles. The molecule has 0 saturated carbocycles. The van der Waals surface area contributed by atoms with E-state index in [4.69, 9.17) is 11.6 Å². The highest BCUT2D eigenvalue weighted by Crippen LogP contribution is 2.61. The zero-order chi connectivity index (χ0) is 27.8. The zero-order valence-electron chi connectivity index (χ0n) is 20.9. The van der Waals surface area contributed by atoms with Crippen LogP contribution in [-0.2, 0) is 0 Å². The molecule has 1 saturated heterocycles. The van der Waals surface area contributed by atoms with Gasteiger partial charge in [0.1, 0.15) is 23.1 Å². The minimum absolute atomic E-state index is 0.0777. The fourth-order valence-corrected chi connectivity index (χ4v) is 7.07. The minimum Gasteiger partial charge on any atom is -0.352 e. The van der Waals surface area contributed by atoms with Gasteiger partial charge in [-0.25, -0.2) is 8.78 Å². The van der Waals surface area contributed by atoms with Crippen LogP contribution in [0.2, 0.25) is 5.02 Å². The highest BCUT2D eigenvalue weighted by Gasteiger charge is 2.72. The molecule has 0 unspecified atom stereocenters. The molecule has 0 radical (unpaired) electrons. The molecule has 0 aromatic heterocycles. The number of Topliss-reactive ketones (excluding diaryl/α,β-unsaturated/α-hetero) is 3. The molecule has 7 rings (SSSR count). The molecule has 1 spiro atoms. The number of carbonyl (C=O) groups excluding carboxylic acids is 3. The van der Waals surface area contributed by atoms with E-state index in [1.807, 2.05) is 0 Å². The van der Waals surface area contributed by atoms with Crippen molar-refractivity contribution in [2.24, 2.45) is 5.41 Å². The third-order valence-corrected chi connectivity index (χ3v) is 8.74. The third-order valence-electron chi connectivity index (χ3n) is 8.41. The first-order chi connectivity index (χ1) is 19.4. The van der Waals surface area contributed by atoms with Gasteiger partial charge in [0, 0.05) is 33.9 Å². The van der Waals surface area contributed by atoms with Crippen molar-refractivity contribution in [3.8, 4) is 0 Å². The summed E-state index contributed by atoms with van der Waals surface area (Å²) in [6.07, 6.45) is 3.32. The highest BCUT2D eigenvalue weighted by atomic mass is 35.5. The number of hydrogen-bond donors (Lipinski definition) is 0. The molecule has 4 nitrogen and oxygen atoms in total. The van der Waals surface area contributed by atoms with Gasteiger partial charge in [-0.15, -0.1) is 0 Å². The lowest BCUT2D eigenvalue weighted by atomic mass is 9.64. The van der Waals surface area contributed by atoms with E-state index in [1.54, 1.807) is 71.6 Å². The number of benzene rings is 4. The van der Waals surface area contributed by atoms with Crippen LogP contribution in [0.3, 0.4) is 0 Å². The Labute approximate surface area is 233 Å². The third kappa shape index (κ3) is 3.14. The molecule has 1 fully saturated rings. The first-order valence-corrected chi connectivity index (χ1v) is 13.2. The molecule has 0 N–H and O–H groups in total.